The van der Waals surface area contributed by atoms with E-state index in [1.165, 1.54) is 25.7 Å². The summed E-state index contributed by atoms with van der Waals surface area (Å²) in [5.41, 5.74) is 2.51. The molecule has 2 aromatic rings. The number of anilines is 1. The van der Waals surface area contributed by atoms with Crippen LogP contribution in [0.3, 0.4) is 0 Å². The van der Waals surface area contributed by atoms with Crippen molar-refractivity contribution in [1.82, 2.24) is 15.0 Å². The number of rotatable bonds is 2. The van der Waals surface area contributed by atoms with E-state index < -0.39 is 0 Å². The number of hydrogen-bond donors (Lipinski definition) is 2. The zero-order chi connectivity index (χ0) is 15.6. The highest BCUT2D eigenvalue weighted by Crippen LogP contribution is 2.32. The molecule has 0 aliphatic carbocycles. The summed E-state index contributed by atoms with van der Waals surface area (Å²) in [7, 11) is 0. The van der Waals surface area contributed by atoms with E-state index in [1.807, 2.05) is 18.2 Å². The van der Waals surface area contributed by atoms with Gasteiger partial charge < -0.3 is 15.0 Å². The quantitative estimate of drug-likeness (QED) is 0.893. The average molecular weight is 309 g/mol. The van der Waals surface area contributed by atoms with Crippen molar-refractivity contribution in [3.8, 4) is 5.88 Å². The molecule has 6 nitrogen and oxygen atoms in total. The maximum Gasteiger partial charge on any atom is 0.238 e. The predicted molar refractivity (Wildman–Crippen MR) is 91.2 cm³/mol. The lowest BCUT2D eigenvalue weighted by molar-refractivity contribution is 0.455. The van der Waals surface area contributed by atoms with Crippen molar-refractivity contribution in [2.24, 2.45) is 4.99 Å². The van der Waals surface area contributed by atoms with E-state index in [-0.39, 0.29) is 5.88 Å². The van der Waals surface area contributed by atoms with Crippen LogP contribution in [0, 0.1) is 0 Å². The Labute approximate surface area is 134 Å². The molecule has 1 saturated heterocycles. The molecule has 6 heteroatoms. The summed E-state index contributed by atoms with van der Waals surface area (Å²) in [5.74, 6) is 1.49. The minimum atomic E-state index is 0.0301. The number of aromatic amines is 1. The van der Waals surface area contributed by atoms with E-state index in [4.69, 9.17) is 0 Å². The lowest BCUT2D eigenvalue weighted by Gasteiger charge is -2.18. The lowest BCUT2D eigenvalue weighted by atomic mass is 10.1. The normalized spacial score (nSPS) is 19.1. The summed E-state index contributed by atoms with van der Waals surface area (Å²) in [6.45, 7) is 1.97. The van der Waals surface area contributed by atoms with Crippen molar-refractivity contribution < 1.29 is 5.11 Å². The van der Waals surface area contributed by atoms with Gasteiger partial charge in [-0.2, -0.15) is 4.98 Å². The molecule has 2 aromatic heterocycles. The number of aliphatic imine (C=N–C) groups is 1. The van der Waals surface area contributed by atoms with Crippen molar-refractivity contribution in [2.75, 3.05) is 18.0 Å². The molecule has 2 aliphatic rings. The molecule has 4 rings (SSSR count). The van der Waals surface area contributed by atoms with Crippen LogP contribution >= 0.6 is 0 Å². The van der Waals surface area contributed by atoms with Gasteiger partial charge in [-0.25, -0.2) is 9.98 Å². The number of pyridine rings is 1. The minimum absolute atomic E-state index is 0.0301. The van der Waals surface area contributed by atoms with Crippen LogP contribution in [0.1, 0.15) is 36.9 Å². The Balaban J connectivity index is 1.63. The van der Waals surface area contributed by atoms with Crippen molar-refractivity contribution in [2.45, 2.75) is 25.7 Å². The smallest absolute Gasteiger partial charge is 0.238 e. The predicted octanol–water partition coefficient (Wildman–Crippen LogP) is 3.15. The summed E-state index contributed by atoms with van der Waals surface area (Å²) in [6, 6.07) is 3.86. The zero-order valence-electron chi connectivity index (χ0n) is 12.9. The van der Waals surface area contributed by atoms with Crippen LogP contribution in [0.2, 0.25) is 0 Å². The second-order valence-corrected chi connectivity index (χ2v) is 5.93. The Kier molecular flexibility index (Phi) is 3.57. The van der Waals surface area contributed by atoms with Crippen LogP contribution in [0.5, 0.6) is 5.88 Å². The number of imidazole rings is 1. The number of H-pyrrole nitrogens is 1. The third-order valence-electron chi connectivity index (χ3n) is 4.33. The van der Waals surface area contributed by atoms with Gasteiger partial charge in [-0.15, -0.1) is 0 Å². The van der Waals surface area contributed by atoms with E-state index in [0.29, 0.717) is 11.5 Å². The molecule has 0 aromatic carbocycles. The number of nitrogens with zero attached hydrogens (tertiary/aromatic N) is 4. The van der Waals surface area contributed by atoms with Crippen LogP contribution in [0.4, 0.5) is 11.8 Å². The first-order valence-corrected chi connectivity index (χ1v) is 8.06. The van der Waals surface area contributed by atoms with E-state index in [0.717, 1.165) is 30.2 Å². The molecule has 4 heterocycles. The third kappa shape index (κ3) is 2.72. The molecule has 1 fully saturated rings. The second-order valence-electron chi connectivity index (χ2n) is 5.93. The molecule has 0 atom stereocenters. The summed E-state index contributed by atoms with van der Waals surface area (Å²) in [5, 5.41) is 10.2. The van der Waals surface area contributed by atoms with Crippen molar-refractivity contribution in [3.05, 3.63) is 29.6 Å². The van der Waals surface area contributed by atoms with E-state index >= 15 is 0 Å². The molecular weight excluding hydrogens is 290 g/mol. The van der Waals surface area contributed by atoms with E-state index in [2.05, 4.69) is 24.8 Å². The van der Waals surface area contributed by atoms with Gasteiger partial charge in [0, 0.05) is 36.6 Å². The Bertz CT molecular complexity index is 769. The van der Waals surface area contributed by atoms with Gasteiger partial charge in [-0.3, -0.25) is 0 Å². The largest absolute Gasteiger partial charge is 0.492 e. The fraction of sp³-hybridized carbons (Fsp3) is 0.353. The molecule has 2 N–H and O–H groups in total. The molecule has 118 valence electrons. The highest BCUT2D eigenvalue weighted by molar-refractivity contribution is 6.20. The van der Waals surface area contributed by atoms with Crippen molar-refractivity contribution in [3.63, 3.8) is 0 Å². The lowest BCUT2D eigenvalue weighted by Crippen LogP contribution is -2.24. The summed E-state index contributed by atoms with van der Waals surface area (Å²) in [4.78, 5) is 18.3. The molecule has 0 saturated carbocycles. The van der Waals surface area contributed by atoms with Gasteiger partial charge in [0.1, 0.15) is 5.69 Å². The molecule has 23 heavy (non-hydrogen) atoms. The molecule has 0 unspecified atom stereocenters. The molecule has 0 amide bonds. The van der Waals surface area contributed by atoms with Crippen LogP contribution in [-0.4, -0.2) is 39.4 Å². The van der Waals surface area contributed by atoms with E-state index in [9.17, 15) is 5.11 Å². The molecule has 0 spiro atoms. The Morgan fingerprint density at radius 2 is 2.00 bits per heavy atom. The van der Waals surface area contributed by atoms with Crippen molar-refractivity contribution in [1.29, 1.82) is 0 Å². The van der Waals surface area contributed by atoms with Gasteiger partial charge >= 0.3 is 0 Å². The highest BCUT2D eigenvalue weighted by Gasteiger charge is 2.18. The Hall–Kier alpha value is -2.63. The van der Waals surface area contributed by atoms with Gasteiger partial charge in [0.05, 0.1) is 0 Å². The highest BCUT2D eigenvalue weighted by atomic mass is 16.3. The maximum absolute atomic E-state index is 10.2. The molecule has 0 radical (unpaired) electrons. The third-order valence-corrected chi connectivity index (χ3v) is 4.33. The van der Waals surface area contributed by atoms with Crippen LogP contribution in [-0.2, 0) is 0 Å². The first kappa shape index (κ1) is 14.0. The fourth-order valence-corrected chi connectivity index (χ4v) is 3.09. The first-order valence-electron chi connectivity index (χ1n) is 8.06. The first-order chi connectivity index (χ1) is 11.3. The molecule has 2 aliphatic heterocycles. The van der Waals surface area contributed by atoms with Gasteiger partial charge in [0.2, 0.25) is 11.8 Å². The summed E-state index contributed by atoms with van der Waals surface area (Å²) >= 11 is 0. The minimum Gasteiger partial charge on any atom is -0.492 e. The fourth-order valence-electron chi connectivity index (χ4n) is 3.09. The Morgan fingerprint density at radius 3 is 2.83 bits per heavy atom. The van der Waals surface area contributed by atoms with Crippen LogP contribution in [0.25, 0.3) is 11.6 Å². The maximum atomic E-state index is 10.2. The molecule has 0 bridgehead atoms. The number of fused-ring (bicyclic) bond motifs is 1. The number of nitrogens with one attached hydrogen (secondary N) is 1. The number of hydrogen-bond acceptors (Lipinski definition) is 5. The monoisotopic (exact) mass is 309 g/mol. The zero-order valence-corrected chi connectivity index (χ0v) is 12.9. The SMILES string of the molecule is Oc1nc(N2CCCCCC2)[nH]c1/C=C1\C=Nc2ncccc21. The van der Waals surface area contributed by atoms with Crippen molar-refractivity contribution >= 4 is 29.6 Å². The number of allylic oxidation sites excluding steroid dienone is 1. The summed E-state index contributed by atoms with van der Waals surface area (Å²) in [6.07, 6.45) is 10.2. The van der Waals surface area contributed by atoms with Crippen LogP contribution in [0.15, 0.2) is 23.3 Å². The second kappa shape index (κ2) is 5.87. The van der Waals surface area contributed by atoms with E-state index in [1.54, 1.807) is 12.4 Å². The topological polar surface area (TPSA) is 77.4 Å². The average Bonchev–Trinajstić information content (AvgIpc) is 3.01. The van der Waals surface area contributed by atoms with Gasteiger partial charge in [-0.05, 0) is 31.1 Å². The van der Waals surface area contributed by atoms with Gasteiger partial charge in [0.15, 0.2) is 5.82 Å². The number of aromatic nitrogens is 3. The van der Waals surface area contributed by atoms with Gasteiger partial charge in [-0.1, -0.05) is 12.8 Å². The standard InChI is InChI=1S/C17H19N5O/c23-16-14(10-12-11-19-15-13(12)6-5-7-18-15)20-17(21-16)22-8-3-1-2-4-9-22/h5-7,10-11,23H,1-4,8-9H2,(H,20,21)/b12-10+. The number of aromatic hydroxyl groups is 1. The molecular formula is C17H19N5O. The Morgan fingerprint density at radius 1 is 1.17 bits per heavy atom. The van der Waals surface area contributed by atoms with Crippen LogP contribution < -0.4 is 4.90 Å². The summed E-state index contributed by atoms with van der Waals surface area (Å²) < 4.78 is 0. The van der Waals surface area contributed by atoms with Gasteiger partial charge in [0.25, 0.3) is 0 Å².